The monoisotopic (exact) mass is 405 g/mol. The van der Waals surface area contributed by atoms with Crippen LogP contribution in [0.25, 0.3) is 0 Å². The van der Waals surface area contributed by atoms with E-state index in [0.29, 0.717) is 38.4 Å². The predicted molar refractivity (Wildman–Crippen MR) is 110 cm³/mol. The average Bonchev–Trinajstić information content (AvgIpc) is 2.70. The fourth-order valence-corrected chi connectivity index (χ4v) is 3.37. The van der Waals surface area contributed by atoms with Crippen LogP contribution in [0.5, 0.6) is 0 Å². The van der Waals surface area contributed by atoms with Gasteiger partial charge in [-0.05, 0) is 36.8 Å². The number of amides is 3. The van der Waals surface area contributed by atoms with Gasteiger partial charge in [0.05, 0.1) is 5.56 Å². The number of nitrogens with one attached hydrogen (secondary N) is 2. The lowest BCUT2D eigenvalue weighted by Crippen LogP contribution is -2.54. The third-order valence-electron chi connectivity index (χ3n) is 5.19. The van der Waals surface area contributed by atoms with Gasteiger partial charge in [0.15, 0.2) is 0 Å². The molecule has 3 amide bonds. The summed E-state index contributed by atoms with van der Waals surface area (Å²) in [6.45, 7) is 8.97. The first-order valence-electron chi connectivity index (χ1n) is 10.3. The number of carbonyl (C=O) groups is 3. The van der Waals surface area contributed by atoms with Gasteiger partial charge < -0.3 is 15.5 Å². The summed E-state index contributed by atoms with van der Waals surface area (Å²) in [4.78, 5) is 39.2. The Kier molecular flexibility index (Phi) is 8.17. The Morgan fingerprint density at radius 1 is 1.07 bits per heavy atom. The summed E-state index contributed by atoms with van der Waals surface area (Å²) in [5.74, 6) is -1.22. The van der Waals surface area contributed by atoms with Crippen molar-refractivity contribution >= 4 is 17.7 Å². The minimum atomic E-state index is -0.630. The van der Waals surface area contributed by atoms with Gasteiger partial charge in [0.25, 0.3) is 5.91 Å². The topological polar surface area (TPSA) is 78.5 Å². The summed E-state index contributed by atoms with van der Waals surface area (Å²) >= 11 is 0. The summed E-state index contributed by atoms with van der Waals surface area (Å²) in [5, 5.41) is 5.79. The summed E-state index contributed by atoms with van der Waals surface area (Å²) in [6.07, 6.45) is 1.14. The molecule has 0 spiro atoms. The van der Waals surface area contributed by atoms with Crippen LogP contribution in [0.15, 0.2) is 24.3 Å². The maximum Gasteiger partial charge on any atom is 0.256 e. The van der Waals surface area contributed by atoms with Gasteiger partial charge in [-0.3, -0.25) is 14.4 Å². The zero-order chi connectivity index (χ0) is 21.6. The van der Waals surface area contributed by atoms with Gasteiger partial charge in [-0.15, -0.1) is 0 Å². The molecule has 0 bridgehead atoms. The lowest BCUT2D eigenvalue weighted by atomic mass is 9.88. The highest BCUT2D eigenvalue weighted by Crippen LogP contribution is 2.23. The zero-order valence-corrected chi connectivity index (χ0v) is 17.7. The van der Waals surface area contributed by atoms with E-state index in [-0.39, 0.29) is 35.1 Å². The van der Waals surface area contributed by atoms with Gasteiger partial charge in [-0.1, -0.05) is 39.8 Å². The SMILES string of the molecule is CC(C)CNC(=O)[C@@H](NC(=O)C(C)C)C1CCN(C(=O)c2ccccc2F)CC1. The quantitative estimate of drug-likeness (QED) is 0.732. The number of likely N-dealkylation sites (tertiary alicyclic amines) is 1. The molecule has 0 aliphatic carbocycles. The Labute approximate surface area is 172 Å². The number of halogens is 1. The largest absolute Gasteiger partial charge is 0.354 e. The fraction of sp³-hybridized carbons (Fsp3) is 0.591. The second-order valence-electron chi connectivity index (χ2n) is 8.39. The molecule has 1 aliphatic rings. The summed E-state index contributed by atoms with van der Waals surface area (Å²) in [6, 6.07) is 5.32. The second kappa shape index (κ2) is 10.4. The summed E-state index contributed by atoms with van der Waals surface area (Å²) in [7, 11) is 0. The molecule has 2 N–H and O–H groups in total. The smallest absolute Gasteiger partial charge is 0.256 e. The molecule has 160 valence electrons. The number of carbonyl (C=O) groups excluding carboxylic acids is 3. The molecule has 1 heterocycles. The minimum Gasteiger partial charge on any atom is -0.354 e. The fourth-order valence-electron chi connectivity index (χ4n) is 3.37. The second-order valence-corrected chi connectivity index (χ2v) is 8.39. The van der Waals surface area contributed by atoms with E-state index >= 15 is 0 Å². The van der Waals surface area contributed by atoms with Crippen molar-refractivity contribution in [2.24, 2.45) is 17.8 Å². The Morgan fingerprint density at radius 2 is 1.69 bits per heavy atom. The average molecular weight is 406 g/mol. The van der Waals surface area contributed by atoms with Crippen molar-refractivity contribution in [1.82, 2.24) is 15.5 Å². The Morgan fingerprint density at radius 3 is 2.24 bits per heavy atom. The standard InChI is InChI=1S/C22H32FN3O3/c1-14(2)13-24-21(28)19(25-20(27)15(3)4)16-9-11-26(12-10-16)22(29)17-7-5-6-8-18(17)23/h5-8,14-16,19H,9-13H2,1-4H3,(H,24,28)(H,25,27)/t19-/m0/s1. The highest BCUT2D eigenvalue weighted by Gasteiger charge is 2.34. The number of benzene rings is 1. The van der Waals surface area contributed by atoms with E-state index in [9.17, 15) is 18.8 Å². The van der Waals surface area contributed by atoms with Crippen LogP contribution in [0.3, 0.4) is 0 Å². The van der Waals surface area contributed by atoms with Gasteiger partial charge in [0, 0.05) is 25.6 Å². The molecule has 1 saturated heterocycles. The molecule has 1 aromatic rings. The molecule has 0 saturated carbocycles. The first-order chi connectivity index (χ1) is 13.7. The van der Waals surface area contributed by atoms with E-state index in [1.54, 1.807) is 30.9 Å². The first kappa shape index (κ1) is 22.8. The molecule has 29 heavy (non-hydrogen) atoms. The maximum absolute atomic E-state index is 13.9. The molecule has 1 aromatic carbocycles. The molecule has 1 aliphatic heterocycles. The van der Waals surface area contributed by atoms with Crippen molar-refractivity contribution in [3.05, 3.63) is 35.6 Å². The molecule has 7 heteroatoms. The van der Waals surface area contributed by atoms with Crippen LogP contribution in [0, 0.1) is 23.6 Å². The van der Waals surface area contributed by atoms with Crippen molar-refractivity contribution in [3.63, 3.8) is 0 Å². The van der Waals surface area contributed by atoms with Crippen molar-refractivity contribution in [3.8, 4) is 0 Å². The van der Waals surface area contributed by atoms with Crippen LogP contribution < -0.4 is 10.6 Å². The van der Waals surface area contributed by atoms with Crippen LogP contribution in [-0.4, -0.2) is 48.3 Å². The van der Waals surface area contributed by atoms with Crippen LogP contribution in [0.2, 0.25) is 0 Å². The summed E-state index contributed by atoms with van der Waals surface area (Å²) < 4.78 is 13.9. The highest BCUT2D eigenvalue weighted by molar-refractivity contribution is 5.94. The number of hydrogen-bond acceptors (Lipinski definition) is 3. The van der Waals surface area contributed by atoms with E-state index in [1.807, 2.05) is 13.8 Å². The van der Waals surface area contributed by atoms with Gasteiger partial charge >= 0.3 is 0 Å². The van der Waals surface area contributed by atoms with Gasteiger partial charge in [-0.2, -0.15) is 0 Å². The zero-order valence-electron chi connectivity index (χ0n) is 17.7. The van der Waals surface area contributed by atoms with Crippen molar-refractivity contribution < 1.29 is 18.8 Å². The first-order valence-corrected chi connectivity index (χ1v) is 10.3. The molecular weight excluding hydrogens is 373 g/mol. The molecular formula is C22H32FN3O3. The van der Waals surface area contributed by atoms with Crippen LogP contribution >= 0.6 is 0 Å². The van der Waals surface area contributed by atoms with Crippen LogP contribution in [-0.2, 0) is 9.59 Å². The van der Waals surface area contributed by atoms with Gasteiger partial charge in [0.1, 0.15) is 11.9 Å². The van der Waals surface area contributed by atoms with Crippen LogP contribution in [0.1, 0.15) is 50.9 Å². The lowest BCUT2D eigenvalue weighted by molar-refractivity contribution is -0.132. The number of rotatable bonds is 7. The molecule has 0 unspecified atom stereocenters. The van der Waals surface area contributed by atoms with Crippen molar-refractivity contribution in [1.29, 1.82) is 0 Å². The third-order valence-corrected chi connectivity index (χ3v) is 5.19. The number of piperidine rings is 1. The molecule has 0 radical (unpaired) electrons. The minimum absolute atomic E-state index is 0.0605. The van der Waals surface area contributed by atoms with Crippen LogP contribution in [0.4, 0.5) is 4.39 Å². The molecule has 1 fully saturated rings. The summed E-state index contributed by atoms with van der Waals surface area (Å²) in [5.41, 5.74) is 0.0605. The number of nitrogens with zero attached hydrogens (tertiary/aromatic N) is 1. The highest BCUT2D eigenvalue weighted by atomic mass is 19.1. The number of hydrogen-bond donors (Lipinski definition) is 2. The van der Waals surface area contributed by atoms with E-state index in [2.05, 4.69) is 10.6 Å². The van der Waals surface area contributed by atoms with Gasteiger partial charge in [-0.25, -0.2) is 4.39 Å². The van der Waals surface area contributed by atoms with E-state index < -0.39 is 11.9 Å². The predicted octanol–water partition coefficient (Wildman–Crippen LogP) is 2.59. The third kappa shape index (κ3) is 6.27. The van der Waals surface area contributed by atoms with E-state index in [1.165, 1.54) is 12.1 Å². The molecule has 2 rings (SSSR count). The maximum atomic E-state index is 13.9. The normalized spacial score (nSPS) is 16.0. The lowest BCUT2D eigenvalue weighted by Gasteiger charge is -2.36. The van der Waals surface area contributed by atoms with Gasteiger partial charge in [0.2, 0.25) is 11.8 Å². The Hall–Kier alpha value is -2.44. The Balaban J connectivity index is 2.04. The van der Waals surface area contributed by atoms with Crippen molar-refractivity contribution in [2.75, 3.05) is 19.6 Å². The molecule has 1 atom stereocenters. The van der Waals surface area contributed by atoms with E-state index in [0.717, 1.165) is 0 Å². The Bertz CT molecular complexity index is 728. The molecule has 6 nitrogen and oxygen atoms in total. The van der Waals surface area contributed by atoms with E-state index in [4.69, 9.17) is 0 Å². The molecule has 0 aromatic heterocycles. The van der Waals surface area contributed by atoms with Crippen molar-refractivity contribution in [2.45, 2.75) is 46.6 Å².